The fraction of sp³-hybridized carbons (Fsp3) is 0.500. The van der Waals surface area contributed by atoms with E-state index in [9.17, 15) is 13.0 Å². The van der Waals surface area contributed by atoms with Crippen molar-refractivity contribution >= 4 is 40.7 Å². The molecule has 0 amide bonds. The zero-order valence-electron chi connectivity index (χ0n) is 11.9. The van der Waals surface area contributed by atoms with Crippen molar-refractivity contribution in [1.29, 1.82) is 0 Å². The topological polar surface area (TPSA) is 69.7 Å². The highest BCUT2D eigenvalue weighted by Crippen LogP contribution is 2.48. The van der Waals surface area contributed by atoms with Crippen molar-refractivity contribution in [2.24, 2.45) is 0 Å². The Morgan fingerprint density at radius 1 is 1.24 bits per heavy atom. The van der Waals surface area contributed by atoms with Gasteiger partial charge in [0.1, 0.15) is 11.2 Å². The van der Waals surface area contributed by atoms with Gasteiger partial charge in [-0.05, 0) is 26.0 Å². The molecule has 1 atom stereocenters. The van der Waals surface area contributed by atoms with Gasteiger partial charge in [0.05, 0.1) is 16.1 Å². The minimum atomic E-state index is -4.22. The number of benzene rings is 1. The fourth-order valence-corrected chi connectivity index (χ4v) is 5.56. The van der Waals surface area contributed by atoms with E-state index >= 15 is 0 Å². The van der Waals surface area contributed by atoms with Crippen LogP contribution in [0.15, 0.2) is 23.1 Å². The van der Waals surface area contributed by atoms with E-state index in [-0.39, 0.29) is 27.2 Å². The van der Waals surface area contributed by atoms with Crippen LogP contribution in [0.5, 0.6) is 0 Å². The zero-order chi connectivity index (χ0) is 16.3. The summed E-state index contributed by atoms with van der Waals surface area (Å²) in [7, 11) is -7.41. The van der Waals surface area contributed by atoms with Gasteiger partial charge in [0.25, 0.3) is 10.1 Å². The average molecular weight is 375 g/mol. The summed E-state index contributed by atoms with van der Waals surface area (Å²) in [6.45, 7) is 5.06. The Hall–Kier alpha value is -0.100. The van der Waals surface area contributed by atoms with Crippen LogP contribution in [0, 0.1) is 0 Å². The Kier molecular flexibility index (Phi) is 6.72. The van der Waals surface area contributed by atoms with Crippen LogP contribution in [-0.4, -0.2) is 27.0 Å². The first-order valence-electron chi connectivity index (χ1n) is 6.21. The van der Waals surface area contributed by atoms with Gasteiger partial charge >= 0.3 is 0 Å². The van der Waals surface area contributed by atoms with E-state index in [1.54, 1.807) is 20.8 Å². The first-order valence-corrected chi connectivity index (χ1v) is 10.4. The lowest BCUT2D eigenvalue weighted by Crippen LogP contribution is -2.13. The van der Waals surface area contributed by atoms with E-state index < -0.39 is 23.8 Å². The lowest BCUT2D eigenvalue weighted by Gasteiger charge is -2.19. The first-order chi connectivity index (χ1) is 9.61. The highest BCUT2D eigenvalue weighted by Gasteiger charge is 2.29. The SMILES string of the molecule is CCP(=O)(COS(=O)(=O)c1c(Cl)cccc1Cl)OC(C)C. The van der Waals surface area contributed by atoms with Gasteiger partial charge in [-0.15, -0.1) is 0 Å². The van der Waals surface area contributed by atoms with Crippen molar-refractivity contribution in [3.8, 4) is 0 Å². The monoisotopic (exact) mass is 374 g/mol. The van der Waals surface area contributed by atoms with Gasteiger partial charge in [-0.1, -0.05) is 36.2 Å². The molecule has 5 nitrogen and oxygen atoms in total. The van der Waals surface area contributed by atoms with Gasteiger partial charge in [-0.3, -0.25) is 8.75 Å². The summed E-state index contributed by atoms with van der Waals surface area (Å²) in [5.41, 5.74) is 0. The van der Waals surface area contributed by atoms with Crippen LogP contribution in [0.3, 0.4) is 0 Å². The van der Waals surface area contributed by atoms with E-state index in [0.717, 1.165) is 0 Å². The Balaban J connectivity index is 2.99. The van der Waals surface area contributed by atoms with Gasteiger partial charge in [0.15, 0.2) is 0 Å². The van der Waals surface area contributed by atoms with Gasteiger partial charge in [-0.2, -0.15) is 8.42 Å². The fourth-order valence-electron chi connectivity index (χ4n) is 1.51. The number of hydrogen-bond acceptors (Lipinski definition) is 5. The predicted octanol–water partition coefficient (Wildman–Crippen LogP) is 4.38. The maximum atomic E-state index is 12.4. The van der Waals surface area contributed by atoms with Gasteiger partial charge in [0, 0.05) is 6.16 Å². The van der Waals surface area contributed by atoms with E-state index in [4.69, 9.17) is 31.9 Å². The van der Waals surface area contributed by atoms with Gasteiger partial charge in [-0.25, -0.2) is 0 Å². The van der Waals surface area contributed by atoms with E-state index in [0.29, 0.717) is 0 Å². The minimum Gasteiger partial charge on any atom is -0.324 e. The van der Waals surface area contributed by atoms with Crippen molar-refractivity contribution in [3.05, 3.63) is 28.2 Å². The quantitative estimate of drug-likeness (QED) is 0.523. The molecule has 0 aliphatic heterocycles. The summed E-state index contributed by atoms with van der Waals surface area (Å²) in [5, 5.41) is -0.114. The molecule has 0 heterocycles. The largest absolute Gasteiger partial charge is 0.324 e. The second kappa shape index (κ2) is 7.44. The summed E-state index contributed by atoms with van der Waals surface area (Å²) in [6.07, 6.45) is -0.686. The lowest BCUT2D eigenvalue weighted by molar-refractivity contribution is 0.228. The number of rotatable bonds is 7. The Morgan fingerprint density at radius 2 is 1.76 bits per heavy atom. The average Bonchev–Trinajstić information content (AvgIpc) is 2.35. The lowest BCUT2D eigenvalue weighted by atomic mass is 10.4. The molecule has 0 saturated carbocycles. The maximum Gasteiger partial charge on any atom is 0.300 e. The standard InChI is InChI=1S/C12H17Cl2O5PS/c1-4-20(15,19-9(2)3)8-18-21(16,17)12-10(13)6-5-7-11(12)14/h5-7,9H,4,8H2,1-3H3. The number of hydrogen-bond donors (Lipinski definition) is 0. The first kappa shape index (κ1) is 18.9. The highest BCUT2D eigenvalue weighted by molar-refractivity contribution is 7.87. The van der Waals surface area contributed by atoms with Crippen molar-refractivity contribution < 1.29 is 21.7 Å². The molecule has 1 unspecified atom stereocenters. The van der Waals surface area contributed by atoms with Crippen molar-refractivity contribution in [1.82, 2.24) is 0 Å². The molecule has 0 aliphatic rings. The van der Waals surface area contributed by atoms with Crippen LogP contribution in [0.25, 0.3) is 0 Å². The van der Waals surface area contributed by atoms with E-state index in [1.807, 2.05) is 0 Å². The Bertz CT molecular complexity index is 625. The van der Waals surface area contributed by atoms with Crippen molar-refractivity contribution in [2.45, 2.75) is 31.8 Å². The molecule has 0 aromatic heterocycles. The second-order valence-corrected chi connectivity index (χ2v) is 9.63. The Labute approximate surface area is 135 Å². The molecule has 0 N–H and O–H groups in total. The van der Waals surface area contributed by atoms with Crippen molar-refractivity contribution in [3.63, 3.8) is 0 Å². The molecule has 1 aromatic rings. The van der Waals surface area contributed by atoms with Crippen LogP contribution in [0.1, 0.15) is 20.8 Å². The molecule has 0 bridgehead atoms. The summed E-state index contributed by atoms with van der Waals surface area (Å²) in [5.74, 6) is 0. The third-order valence-corrected chi connectivity index (χ3v) is 7.15. The molecule has 0 radical (unpaired) electrons. The highest BCUT2D eigenvalue weighted by atomic mass is 35.5. The molecule has 0 aliphatic carbocycles. The molecule has 120 valence electrons. The van der Waals surface area contributed by atoms with Crippen molar-refractivity contribution in [2.75, 3.05) is 12.5 Å². The molecule has 1 aromatic carbocycles. The van der Waals surface area contributed by atoms with Gasteiger partial charge < -0.3 is 4.52 Å². The molecule has 1 rings (SSSR count). The van der Waals surface area contributed by atoms with Crippen LogP contribution >= 0.6 is 30.6 Å². The zero-order valence-corrected chi connectivity index (χ0v) is 15.1. The third-order valence-electron chi connectivity index (χ3n) is 2.46. The minimum absolute atomic E-state index is 0.0568. The van der Waals surface area contributed by atoms with Crippen LogP contribution in [0.2, 0.25) is 10.0 Å². The van der Waals surface area contributed by atoms with E-state index in [1.165, 1.54) is 18.2 Å². The van der Waals surface area contributed by atoms with Crippen LogP contribution < -0.4 is 0 Å². The van der Waals surface area contributed by atoms with Crippen LogP contribution in [0.4, 0.5) is 0 Å². The molecular weight excluding hydrogens is 358 g/mol. The normalized spacial score (nSPS) is 15.1. The molecule has 0 fully saturated rings. The summed E-state index contributed by atoms with van der Waals surface area (Å²) in [6, 6.07) is 4.28. The van der Waals surface area contributed by atoms with E-state index in [2.05, 4.69) is 0 Å². The summed E-state index contributed by atoms with van der Waals surface area (Å²) < 4.78 is 46.8. The summed E-state index contributed by atoms with van der Waals surface area (Å²) >= 11 is 11.7. The molecule has 21 heavy (non-hydrogen) atoms. The molecular formula is C12H17Cl2O5PS. The third kappa shape index (κ3) is 5.23. The van der Waals surface area contributed by atoms with Gasteiger partial charge in [0.2, 0.25) is 7.37 Å². The molecule has 9 heteroatoms. The smallest absolute Gasteiger partial charge is 0.300 e. The van der Waals surface area contributed by atoms with Crippen LogP contribution in [-0.2, 0) is 23.4 Å². The summed E-state index contributed by atoms with van der Waals surface area (Å²) in [4.78, 5) is -0.333. The predicted molar refractivity (Wildman–Crippen MR) is 84.0 cm³/mol. The molecule has 0 saturated heterocycles. The Morgan fingerprint density at radius 3 is 2.19 bits per heavy atom. The molecule has 0 spiro atoms. The second-order valence-electron chi connectivity index (χ2n) is 4.54. The maximum absolute atomic E-state index is 12.4. The number of halogens is 2.